The first-order chi connectivity index (χ1) is 29.6. The van der Waals surface area contributed by atoms with Crippen molar-refractivity contribution in [2.24, 2.45) is 0 Å². The van der Waals surface area contributed by atoms with Crippen molar-refractivity contribution in [1.29, 1.82) is 0 Å². The molecule has 5 nitrogen and oxygen atoms in total. The fourth-order valence-electron chi connectivity index (χ4n) is 9.13. The summed E-state index contributed by atoms with van der Waals surface area (Å²) in [6.07, 6.45) is 0. The first kappa shape index (κ1) is 37.1. The zero-order valence-corrected chi connectivity index (χ0v) is 35.7. The second-order valence-corrected chi connectivity index (χ2v) is 15.9. The van der Waals surface area contributed by atoms with Crippen molar-refractivity contribution < 1.29 is 25.8 Å². The van der Waals surface area contributed by atoms with Crippen molar-refractivity contribution in [1.82, 2.24) is 9.55 Å². The van der Waals surface area contributed by atoms with Crippen LogP contribution >= 0.6 is 0 Å². The van der Waals surface area contributed by atoms with Crippen molar-refractivity contribution >= 4 is 87.8 Å². The molecule has 296 valence electrons. The van der Waals surface area contributed by atoms with E-state index < -0.39 is 0 Å². The molecule has 9 aromatic carbocycles. The number of hydrogen-bond donors (Lipinski definition) is 0. The molecule has 6 heteroatoms. The number of fused-ring (bicyclic) bond motifs is 11. The number of ether oxygens (including phenoxy) is 1. The van der Waals surface area contributed by atoms with Gasteiger partial charge in [-0.3, -0.25) is 0 Å². The van der Waals surface area contributed by atoms with Gasteiger partial charge in [0.05, 0.1) is 5.52 Å². The van der Waals surface area contributed by atoms with E-state index in [2.05, 4.69) is 211 Å². The topological polar surface area (TPSA) is 33.5 Å². The molecule has 3 heterocycles. The van der Waals surface area contributed by atoms with Gasteiger partial charge in [-0.2, -0.15) is 6.07 Å². The Bertz CT molecular complexity index is 3500. The summed E-state index contributed by atoms with van der Waals surface area (Å²) in [4.78, 5) is 9.96. The van der Waals surface area contributed by atoms with Crippen LogP contribution in [0.15, 0.2) is 176 Å². The number of rotatable bonds is 6. The van der Waals surface area contributed by atoms with E-state index in [0.29, 0.717) is 11.5 Å². The molecule has 0 aliphatic carbocycles. The van der Waals surface area contributed by atoms with Crippen LogP contribution in [0.3, 0.4) is 0 Å². The van der Waals surface area contributed by atoms with Crippen LogP contribution < -0.4 is 14.5 Å². The van der Waals surface area contributed by atoms with Crippen LogP contribution in [0.2, 0.25) is 0 Å². The molecule has 0 fully saturated rings. The van der Waals surface area contributed by atoms with Gasteiger partial charge in [0, 0.05) is 71.3 Å². The summed E-state index contributed by atoms with van der Waals surface area (Å²) in [5.74, 6) is 2.36. The Hall–Kier alpha value is -6.94. The zero-order chi connectivity index (χ0) is 39.9. The Morgan fingerprint density at radius 3 is 1.95 bits per heavy atom. The molecule has 12 rings (SSSR count). The molecule has 0 saturated carbocycles. The van der Waals surface area contributed by atoms with Crippen molar-refractivity contribution in [3.63, 3.8) is 0 Å². The number of benzene rings is 9. The number of pyridine rings is 1. The largest absolute Gasteiger partial charge is 0.509 e. The quantitative estimate of drug-likeness (QED) is 0.123. The van der Waals surface area contributed by atoms with Crippen LogP contribution in [0, 0.1) is 18.8 Å². The maximum absolute atomic E-state index is 6.83. The molecular formula is C55H37N4OPt-3. The molecule has 0 spiro atoms. The second-order valence-electron chi connectivity index (χ2n) is 15.9. The molecule has 0 bridgehead atoms. The van der Waals surface area contributed by atoms with Crippen LogP contribution in [0.5, 0.6) is 11.5 Å². The Labute approximate surface area is 368 Å². The van der Waals surface area contributed by atoms with E-state index in [1.807, 2.05) is 12.1 Å². The molecule has 0 N–H and O–H groups in total. The Morgan fingerprint density at radius 1 is 0.541 bits per heavy atom. The minimum atomic E-state index is 0. The monoisotopic (exact) mass is 964 g/mol. The number of para-hydroxylation sites is 4. The molecule has 11 aromatic rings. The standard InChI is InChI=1S/C55H37N4O.Pt/c1-35(2)38-30-40(58-34-57(39-16-4-3-5-17-39)50-22-12-13-23-51(50)58)32-42(31-38)60-41-26-28-46-45-20-10-11-21-49(45)59(52(46)33-41)55-47-27-24-36-14-6-8-18-43(36)53(47)54-44-19-9-7-15-37(44)25-29-48(54)56-55;/h3-31,34-35H,1-2H3;/q-3;. The van der Waals surface area contributed by atoms with Gasteiger partial charge >= 0.3 is 0 Å². The molecule has 2 aromatic heterocycles. The summed E-state index contributed by atoms with van der Waals surface area (Å²) >= 11 is 0. The van der Waals surface area contributed by atoms with Crippen LogP contribution in [0.25, 0.3) is 70.8 Å². The minimum Gasteiger partial charge on any atom is -0.509 e. The average molecular weight is 965 g/mol. The first-order valence-corrected chi connectivity index (χ1v) is 20.5. The Morgan fingerprint density at radius 2 is 1.18 bits per heavy atom. The summed E-state index contributed by atoms with van der Waals surface area (Å²) in [5, 5.41) is 10.4. The molecule has 1 aliphatic heterocycles. The third-order valence-corrected chi connectivity index (χ3v) is 12.0. The van der Waals surface area contributed by atoms with Crippen LogP contribution in [-0.2, 0) is 21.1 Å². The Kier molecular flexibility index (Phi) is 8.91. The van der Waals surface area contributed by atoms with Gasteiger partial charge in [-0.25, -0.2) is 4.98 Å². The Balaban J connectivity index is 0.00000420. The number of anilines is 4. The van der Waals surface area contributed by atoms with Crippen molar-refractivity contribution in [2.45, 2.75) is 19.8 Å². The SMILES string of the molecule is CC(C)c1cc(Oc2[c-]c3c(cc2)c2ccccc2n3-c2nc3ccc4ccccc4c3c3c2ccc2ccccc23)[c-]c(N2[CH-]N(c3ccccc3)c3ccccc32)c1.[Pt]. The molecule has 1 aliphatic rings. The summed E-state index contributed by atoms with van der Waals surface area (Å²) in [6, 6.07) is 69.5. The summed E-state index contributed by atoms with van der Waals surface area (Å²) < 4.78 is 9.10. The molecule has 0 amide bonds. The zero-order valence-electron chi connectivity index (χ0n) is 33.4. The van der Waals surface area contributed by atoms with Gasteiger partial charge in [0.25, 0.3) is 0 Å². The third kappa shape index (κ3) is 5.98. The maximum Gasteiger partial charge on any atom is 0.144 e. The second kappa shape index (κ2) is 14.7. The van der Waals surface area contributed by atoms with Crippen molar-refractivity contribution in [3.8, 4) is 17.3 Å². The normalized spacial score (nSPS) is 12.6. The smallest absolute Gasteiger partial charge is 0.144 e. The van der Waals surface area contributed by atoms with Gasteiger partial charge in [-0.1, -0.05) is 129 Å². The van der Waals surface area contributed by atoms with E-state index in [-0.39, 0.29) is 27.0 Å². The molecule has 0 saturated heterocycles. The van der Waals surface area contributed by atoms with Gasteiger partial charge in [-0.15, -0.1) is 53.6 Å². The van der Waals surface area contributed by atoms with Gasteiger partial charge in [0.2, 0.25) is 0 Å². The van der Waals surface area contributed by atoms with Crippen LogP contribution in [0.4, 0.5) is 22.7 Å². The van der Waals surface area contributed by atoms with Gasteiger partial charge in [-0.05, 0) is 75.3 Å². The fourth-order valence-corrected chi connectivity index (χ4v) is 9.13. The first-order valence-electron chi connectivity index (χ1n) is 20.5. The fraction of sp³-hybridized carbons (Fsp3) is 0.0545. The molecule has 0 radical (unpaired) electrons. The van der Waals surface area contributed by atoms with Crippen LogP contribution in [0.1, 0.15) is 25.3 Å². The molecule has 0 atom stereocenters. The average Bonchev–Trinajstić information content (AvgIpc) is 3.85. The summed E-state index contributed by atoms with van der Waals surface area (Å²) in [6.45, 7) is 6.57. The van der Waals surface area contributed by atoms with Crippen LogP contribution in [-0.4, -0.2) is 9.55 Å². The van der Waals surface area contributed by atoms with E-state index in [9.17, 15) is 0 Å². The number of hydrogen-bond acceptors (Lipinski definition) is 4. The molecule has 61 heavy (non-hydrogen) atoms. The van der Waals surface area contributed by atoms with Crippen molar-refractivity contribution in [3.05, 3.63) is 200 Å². The van der Waals surface area contributed by atoms with E-state index in [4.69, 9.17) is 9.72 Å². The summed E-state index contributed by atoms with van der Waals surface area (Å²) in [7, 11) is 0. The minimum absolute atomic E-state index is 0. The van der Waals surface area contributed by atoms with E-state index in [0.717, 1.165) is 66.8 Å². The van der Waals surface area contributed by atoms with Gasteiger partial charge in [0.15, 0.2) is 0 Å². The maximum atomic E-state index is 6.83. The van der Waals surface area contributed by atoms with E-state index >= 15 is 0 Å². The molecule has 0 unspecified atom stereocenters. The van der Waals surface area contributed by atoms with E-state index in [1.165, 1.54) is 32.3 Å². The molecular weight excluding hydrogens is 928 g/mol. The summed E-state index contributed by atoms with van der Waals surface area (Å²) in [5.41, 5.74) is 8.26. The van der Waals surface area contributed by atoms with E-state index in [1.54, 1.807) is 0 Å². The predicted molar refractivity (Wildman–Crippen MR) is 248 cm³/mol. The third-order valence-electron chi connectivity index (χ3n) is 12.0. The number of aromatic nitrogens is 2. The number of nitrogens with zero attached hydrogens (tertiary/aromatic N) is 4. The predicted octanol–water partition coefficient (Wildman–Crippen LogP) is 14.7. The van der Waals surface area contributed by atoms with Gasteiger partial charge in [0.1, 0.15) is 5.82 Å². The van der Waals surface area contributed by atoms with Crippen molar-refractivity contribution in [2.75, 3.05) is 9.80 Å². The van der Waals surface area contributed by atoms with Gasteiger partial charge < -0.3 is 19.1 Å².